The van der Waals surface area contributed by atoms with Crippen LogP contribution in [0, 0.1) is 0 Å². The molecular weight excluding hydrogens is 352 g/mol. The van der Waals surface area contributed by atoms with Gasteiger partial charge < -0.3 is 0 Å². The molecule has 0 atom stereocenters. The van der Waals surface area contributed by atoms with Crippen molar-refractivity contribution in [3.8, 4) is 5.69 Å². The van der Waals surface area contributed by atoms with E-state index >= 15 is 0 Å². The molecule has 2 aromatic rings. The van der Waals surface area contributed by atoms with Gasteiger partial charge in [-0.15, -0.1) is 0 Å². The minimum atomic E-state index is 0.218. The molecule has 0 spiro atoms. The van der Waals surface area contributed by atoms with Crippen molar-refractivity contribution in [3.05, 3.63) is 63.1 Å². The standard InChI is InChI=1S/C14H11Cl4N3/c15-12(16)4-2-10-8-19-9-11(3-5-13(17)18)14(10)21-7-1-6-20-21/h1,4-9H,2-3H2. The van der Waals surface area contributed by atoms with Crippen LogP contribution in [0.1, 0.15) is 11.1 Å². The van der Waals surface area contributed by atoms with Gasteiger partial charge in [0.15, 0.2) is 0 Å². The summed E-state index contributed by atoms with van der Waals surface area (Å²) in [5.74, 6) is 0. The van der Waals surface area contributed by atoms with Gasteiger partial charge >= 0.3 is 0 Å². The summed E-state index contributed by atoms with van der Waals surface area (Å²) in [6.07, 6.45) is 11.6. The molecule has 0 aromatic carbocycles. The molecule has 2 aromatic heterocycles. The number of allylic oxidation sites excluding steroid dienone is 2. The maximum absolute atomic E-state index is 5.69. The summed E-state index contributed by atoms with van der Waals surface area (Å²) in [6.45, 7) is 0. The van der Waals surface area contributed by atoms with Crippen molar-refractivity contribution in [3.63, 3.8) is 0 Å². The van der Waals surface area contributed by atoms with Crippen molar-refractivity contribution in [2.75, 3.05) is 0 Å². The van der Waals surface area contributed by atoms with Crippen LogP contribution < -0.4 is 0 Å². The van der Waals surface area contributed by atoms with Crippen molar-refractivity contribution in [1.29, 1.82) is 0 Å². The first-order valence-corrected chi connectivity index (χ1v) is 7.57. The van der Waals surface area contributed by atoms with E-state index in [9.17, 15) is 0 Å². The zero-order valence-corrected chi connectivity index (χ0v) is 13.8. The van der Waals surface area contributed by atoms with Gasteiger partial charge in [-0.2, -0.15) is 5.10 Å². The zero-order valence-electron chi connectivity index (χ0n) is 10.8. The molecule has 0 aliphatic heterocycles. The molecule has 7 heteroatoms. The Kier molecular flexibility index (Phi) is 6.12. The van der Waals surface area contributed by atoms with Crippen molar-refractivity contribution < 1.29 is 0 Å². The third kappa shape index (κ3) is 4.75. The topological polar surface area (TPSA) is 30.7 Å². The van der Waals surface area contributed by atoms with Crippen LogP contribution in [0.15, 0.2) is 52.0 Å². The molecule has 0 radical (unpaired) electrons. The number of hydrogen-bond donors (Lipinski definition) is 0. The van der Waals surface area contributed by atoms with Crippen LogP contribution in [0.25, 0.3) is 5.69 Å². The summed E-state index contributed by atoms with van der Waals surface area (Å²) in [4.78, 5) is 4.24. The fraction of sp³-hybridized carbons (Fsp3) is 0.143. The molecule has 2 rings (SSSR count). The second kappa shape index (κ2) is 7.85. The Morgan fingerprint density at radius 2 is 1.57 bits per heavy atom. The highest BCUT2D eigenvalue weighted by atomic mass is 35.5. The molecule has 0 saturated heterocycles. The van der Waals surface area contributed by atoms with Crippen molar-refractivity contribution in [2.45, 2.75) is 12.8 Å². The van der Waals surface area contributed by atoms with Gasteiger partial charge in [-0.25, -0.2) is 4.68 Å². The Morgan fingerprint density at radius 1 is 1.00 bits per heavy atom. The lowest BCUT2D eigenvalue weighted by Crippen LogP contribution is -2.05. The lowest BCUT2D eigenvalue weighted by atomic mass is 10.1. The summed E-state index contributed by atoms with van der Waals surface area (Å²) in [5, 5.41) is 4.28. The second-order valence-electron chi connectivity index (χ2n) is 4.15. The average molecular weight is 363 g/mol. The third-order valence-electron chi connectivity index (χ3n) is 2.76. The van der Waals surface area contributed by atoms with Crippen LogP contribution in [-0.2, 0) is 12.8 Å². The van der Waals surface area contributed by atoms with Gasteiger partial charge in [0.25, 0.3) is 0 Å². The number of nitrogens with zero attached hydrogens (tertiary/aromatic N) is 3. The normalized spacial score (nSPS) is 10.3. The smallest absolute Gasteiger partial charge is 0.103 e. The molecule has 3 nitrogen and oxygen atoms in total. The second-order valence-corrected chi connectivity index (χ2v) is 6.17. The predicted octanol–water partition coefficient (Wildman–Crippen LogP) is 4.99. The molecule has 0 saturated carbocycles. The molecule has 0 bridgehead atoms. The van der Waals surface area contributed by atoms with Gasteiger partial charge in [-0.05, 0) is 31.1 Å². The highest BCUT2D eigenvalue weighted by Crippen LogP contribution is 2.22. The van der Waals surface area contributed by atoms with E-state index in [1.807, 2.05) is 12.3 Å². The maximum atomic E-state index is 5.69. The predicted molar refractivity (Wildman–Crippen MR) is 88.3 cm³/mol. The van der Waals surface area contributed by atoms with E-state index in [1.54, 1.807) is 35.4 Å². The Balaban J connectivity index is 2.47. The monoisotopic (exact) mass is 361 g/mol. The summed E-state index contributed by atoms with van der Waals surface area (Å²) < 4.78 is 2.21. The number of halogens is 4. The van der Waals surface area contributed by atoms with Crippen molar-refractivity contribution in [1.82, 2.24) is 14.8 Å². The summed E-state index contributed by atoms with van der Waals surface area (Å²) >= 11 is 22.7. The first kappa shape index (κ1) is 16.4. The molecular formula is C14H11Cl4N3. The van der Waals surface area contributed by atoms with Crippen LogP contribution in [0.3, 0.4) is 0 Å². The van der Waals surface area contributed by atoms with E-state index < -0.39 is 0 Å². The van der Waals surface area contributed by atoms with E-state index in [0.29, 0.717) is 12.8 Å². The number of pyridine rings is 1. The van der Waals surface area contributed by atoms with E-state index in [2.05, 4.69) is 10.1 Å². The number of hydrogen-bond acceptors (Lipinski definition) is 2. The molecule has 110 valence electrons. The largest absolute Gasteiger partial charge is 0.264 e. The fourth-order valence-corrected chi connectivity index (χ4v) is 2.22. The fourth-order valence-electron chi connectivity index (χ4n) is 1.91. The molecule has 0 fully saturated rings. The number of rotatable bonds is 5. The molecule has 21 heavy (non-hydrogen) atoms. The van der Waals surface area contributed by atoms with E-state index in [-0.39, 0.29) is 8.98 Å². The van der Waals surface area contributed by atoms with Gasteiger partial charge in [0.1, 0.15) is 8.98 Å². The van der Waals surface area contributed by atoms with E-state index in [1.165, 1.54) is 0 Å². The zero-order chi connectivity index (χ0) is 15.2. The minimum Gasteiger partial charge on any atom is -0.264 e. The average Bonchev–Trinajstić information content (AvgIpc) is 2.96. The molecule has 2 heterocycles. The van der Waals surface area contributed by atoms with Gasteiger partial charge in [0, 0.05) is 35.9 Å². The highest BCUT2D eigenvalue weighted by Gasteiger charge is 2.10. The molecule has 0 aliphatic carbocycles. The first-order valence-electron chi connectivity index (χ1n) is 6.06. The minimum absolute atomic E-state index is 0.218. The van der Waals surface area contributed by atoms with Gasteiger partial charge in [0.05, 0.1) is 5.69 Å². The maximum Gasteiger partial charge on any atom is 0.103 e. The number of aromatic nitrogens is 3. The molecule has 0 N–H and O–H groups in total. The Hall–Kier alpha value is -1.00. The van der Waals surface area contributed by atoms with Crippen LogP contribution in [-0.4, -0.2) is 14.8 Å². The lowest BCUT2D eigenvalue weighted by molar-refractivity contribution is 0.848. The summed E-state index contributed by atoms with van der Waals surface area (Å²) in [6, 6.07) is 1.85. The van der Waals surface area contributed by atoms with Gasteiger partial charge in [-0.3, -0.25) is 4.98 Å². The van der Waals surface area contributed by atoms with E-state index in [4.69, 9.17) is 46.4 Å². The first-order chi connectivity index (χ1) is 10.1. The van der Waals surface area contributed by atoms with Gasteiger partial charge in [-0.1, -0.05) is 46.4 Å². The summed E-state index contributed by atoms with van der Waals surface area (Å²) in [5.41, 5.74) is 2.83. The molecule has 0 unspecified atom stereocenters. The Morgan fingerprint density at radius 3 is 2.00 bits per heavy atom. The summed E-state index contributed by atoms with van der Waals surface area (Å²) in [7, 11) is 0. The van der Waals surface area contributed by atoms with Crippen LogP contribution in [0.2, 0.25) is 0 Å². The van der Waals surface area contributed by atoms with Crippen molar-refractivity contribution >= 4 is 46.4 Å². The SMILES string of the molecule is ClC(Cl)=CCc1cncc(CC=C(Cl)Cl)c1-n1cccn1. The van der Waals surface area contributed by atoms with Crippen LogP contribution in [0.5, 0.6) is 0 Å². The highest BCUT2D eigenvalue weighted by molar-refractivity contribution is 6.56. The lowest BCUT2D eigenvalue weighted by Gasteiger charge is -2.12. The molecule has 0 aliphatic rings. The van der Waals surface area contributed by atoms with Gasteiger partial charge in [0.2, 0.25) is 0 Å². The van der Waals surface area contributed by atoms with E-state index in [0.717, 1.165) is 16.8 Å². The third-order valence-corrected chi connectivity index (χ3v) is 3.37. The Bertz CT molecular complexity index is 617. The molecule has 0 amide bonds. The Labute approximate surface area is 142 Å². The van der Waals surface area contributed by atoms with Crippen molar-refractivity contribution in [2.24, 2.45) is 0 Å². The quantitative estimate of drug-likeness (QED) is 0.750. The van der Waals surface area contributed by atoms with Crippen LogP contribution in [0.4, 0.5) is 0 Å². The van der Waals surface area contributed by atoms with Crippen LogP contribution >= 0.6 is 46.4 Å².